The van der Waals surface area contributed by atoms with E-state index in [9.17, 15) is 4.79 Å². The van der Waals surface area contributed by atoms with Crippen molar-refractivity contribution in [1.82, 2.24) is 10.3 Å². The van der Waals surface area contributed by atoms with Gasteiger partial charge in [-0.3, -0.25) is 4.98 Å². The molecule has 5 heteroatoms. The molecule has 0 aromatic carbocycles. The van der Waals surface area contributed by atoms with Gasteiger partial charge in [-0.25, -0.2) is 4.79 Å². The molecule has 100 valence electrons. The highest BCUT2D eigenvalue weighted by atomic mass is 16.5. The number of carboxylic acid groups (broad SMARTS) is 1. The zero-order valence-corrected chi connectivity index (χ0v) is 10.7. The predicted molar refractivity (Wildman–Crippen MR) is 68.6 cm³/mol. The number of unbranched alkanes of at least 4 members (excludes halogenated alkanes) is 2. The van der Waals surface area contributed by atoms with Crippen LogP contribution in [0.5, 0.6) is 0 Å². The summed E-state index contributed by atoms with van der Waals surface area (Å²) in [5.74, 6) is -0.931. The standard InChI is InChI=1S/C13H20N2O3/c1-18-9-4-2-3-7-14-10-12-11(13(16)17)6-5-8-15-12/h5-6,8,14H,2-4,7,9-10H2,1H3,(H,16,17). The Balaban J connectivity index is 2.25. The van der Waals surface area contributed by atoms with Gasteiger partial charge in [-0.05, 0) is 37.9 Å². The van der Waals surface area contributed by atoms with E-state index in [1.165, 1.54) is 0 Å². The van der Waals surface area contributed by atoms with Crippen LogP contribution in [0.15, 0.2) is 18.3 Å². The van der Waals surface area contributed by atoms with E-state index in [0.717, 1.165) is 32.4 Å². The number of hydrogen-bond acceptors (Lipinski definition) is 4. The van der Waals surface area contributed by atoms with Gasteiger partial charge in [0.1, 0.15) is 0 Å². The Morgan fingerprint density at radius 3 is 3.00 bits per heavy atom. The van der Waals surface area contributed by atoms with Crippen molar-refractivity contribution >= 4 is 5.97 Å². The normalized spacial score (nSPS) is 10.5. The minimum absolute atomic E-state index is 0.268. The summed E-state index contributed by atoms with van der Waals surface area (Å²) in [6, 6.07) is 3.21. The minimum atomic E-state index is -0.931. The van der Waals surface area contributed by atoms with Gasteiger partial charge in [-0.1, -0.05) is 0 Å². The van der Waals surface area contributed by atoms with Crippen LogP contribution in [0.2, 0.25) is 0 Å². The van der Waals surface area contributed by atoms with Gasteiger partial charge in [-0.2, -0.15) is 0 Å². The highest BCUT2D eigenvalue weighted by Crippen LogP contribution is 2.05. The largest absolute Gasteiger partial charge is 0.478 e. The molecule has 0 unspecified atom stereocenters. The molecule has 1 aromatic rings. The number of aromatic carboxylic acids is 1. The van der Waals surface area contributed by atoms with Crippen LogP contribution in [-0.4, -0.2) is 36.3 Å². The average molecular weight is 252 g/mol. The number of nitrogens with zero attached hydrogens (tertiary/aromatic N) is 1. The Bertz CT molecular complexity index is 369. The van der Waals surface area contributed by atoms with Gasteiger partial charge in [-0.15, -0.1) is 0 Å². The fourth-order valence-corrected chi connectivity index (χ4v) is 1.65. The van der Waals surface area contributed by atoms with Crippen molar-refractivity contribution in [3.05, 3.63) is 29.6 Å². The van der Waals surface area contributed by atoms with Crippen molar-refractivity contribution in [2.75, 3.05) is 20.3 Å². The number of hydrogen-bond donors (Lipinski definition) is 2. The monoisotopic (exact) mass is 252 g/mol. The molecule has 0 aliphatic heterocycles. The highest BCUT2D eigenvalue weighted by molar-refractivity contribution is 5.88. The molecule has 0 aliphatic carbocycles. The van der Waals surface area contributed by atoms with Crippen molar-refractivity contribution in [1.29, 1.82) is 0 Å². The molecule has 0 aliphatic rings. The summed E-state index contributed by atoms with van der Waals surface area (Å²) in [5.41, 5.74) is 0.853. The van der Waals surface area contributed by atoms with E-state index in [4.69, 9.17) is 9.84 Å². The molecule has 0 radical (unpaired) electrons. The first-order valence-electron chi connectivity index (χ1n) is 6.12. The van der Waals surface area contributed by atoms with E-state index in [0.29, 0.717) is 12.2 Å². The van der Waals surface area contributed by atoms with Crippen molar-refractivity contribution in [3.63, 3.8) is 0 Å². The van der Waals surface area contributed by atoms with Crippen LogP contribution >= 0.6 is 0 Å². The highest BCUT2D eigenvalue weighted by Gasteiger charge is 2.09. The minimum Gasteiger partial charge on any atom is -0.478 e. The summed E-state index contributed by atoms with van der Waals surface area (Å²) in [7, 11) is 1.70. The summed E-state index contributed by atoms with van der Waals surface area (Å²) in [4.78, 5) is 15.0. The Hall–Kier alpha value is -1.46. The summed E-state index contributed by atoms with van der Waals surface area (Å²) < 4.78 is 4.96. The number of methoxy groups -OCH3 is 1. The second-order valence-electron chi connectivity index (χ2n) is 4.03. The van der Waals surface area contributed by atoms with Gasteiger partial charge in [0, 0.05) is 26.5 Å². The summed E-state index contributed by atoms with van der Waals surface area (Å²) >= 11 is 0. The molecule has 5 nitrogen and oxygen atoms in total. The lowest BCUT2D eigenvalue weighted by Gasteiger charge is -2.06. The van der Waals surface area contributed by atoms with Crippen LogP contribution in [0.3, 0.4) is 0 Å². The maximum Gasteiger partial charge on any atom is 0.337 e. The number of nitrogens with one attached hydrogen (secondary N) is 1. The van der Waals surface area contributed by atoms with Gasteiger partial charge < -0.3 is 15.2 Å². The quantitative estimate of drug-likeness (QED) is 0.654. The maximum absolute atomic E-state index is 10.9. The Morgan fingerprint density at radius 1 is 1.44 bits per heavy atom. The lowest BCUT2D eigenvalue weighted by molar-refractivity contribution is 0.0695. The molecule has 0 bridgehead atoms. The Kier molecular flexibility index (Phi) is 6.98. The second kappa shape index (κ2) is 8.60. The molecule has 18 heavy (non-hydrogen) atoms. The van der Waals surface area contributed by atoms with Crippen molar-refractivity contribution < 1.29 is 14.6 Å². The lowest BCUT2D eigenvalue weighted by atomic mass is 10.2. The van der Waals surface area contributed by atoms with Crippen LogP contribution in [-0.2, 0) is 11.3 Å². The number of pyridine rings is 1. The summed E-state index contributed by atoms with van der Waals surface area (Å²) in [5, 5.41) is 12.2. The Morgan fingerprint density at radius 2 is 2.28 bits per heavy atom. The molecule has 0 atom stereocenters. The first-order valence-corrected chi connectivity index (χ1v) is 6.12. The van der Waals surface area contributed by atoms with E-state index in [2.05, 4.69) is 10.3 Å². The first-order chi connectivity index (χ1) is 8.75. The molecule has 2 N–H and O–H groups in total. The van der Waals surface area contributed by atoms with E-state index in [-0.39, 0.29) is 5.56 Å². The van der Waals surface area contributed by atoms with Gasteiger partial charge in [0.25, 0.3) is 0 Å². The molecule has 0 saturated carbocycles. The second-order valence-corrected chi connectivity index (χ2v) is 4.03. The fraction of sp³-hybridized carbons (Fsp3) is 0.538. The number of rotatable bonds is 9. The van der Waals surface area contributed by atoms with Crippen molar-refractivity contribution in [2.45, 2.75) is 25.8 Å². The van der Waals surface area contributed by atoms with E-state index in [1.807, 2.05) is 0 Å². The Labute approximate surface area is 107 Å². The molecule has 0 spiro atoms. The molecular weight excluding hydrogens is 232 g/mol. The molecule has 1 aromatic heterocycles. The SMILES string of the molecule is COCCCCCNCc1ncccc1C(=O)O. The van der Waals surface area contributed by atoms with Crippen LogP contribution < -0.4 is 5.32 Å². The first kappa shape index (κ1) is 14.6. The third-order valence-corrected chi connectivity index (χ3v) is 2.62. The van der Waals surface area contributed by atoms with Gasteiger partial charge >= 0.3 is 5.97 Å². The van der Waals surface area contributed by atoms with Gasteiger partial charge in [0.2, 0.25) is 0 Å². The topological polar surface area (TPSA) is 71.5 Å². The zero-order valence-electron chi connectivity index (χ0n) is 10.7. The van der Waals surface area contributed by atoms with Crippen LogP contribution in [0, 0.1) is 0 Å². The lowest BCUT2D eigenvalue weighted by Crippen LogP contribution is -2.18. The van der Waals surface area contributed by atoms with Crippen LogP contribution in [0.4, 0.5) is 0 Å². The van der Waals surface area contributed by atoms with E-state index < -0.39 is 5.97 Å². The van der Waals surface area contributed by atoms with Crippen molar-refractivity contribution in [2.24, 2.45) is 0 Å². The number of ether oxygens (including phenoxy) is 1. The third-order valence-electron chi connectivity index (χ3n) is 2.62. The van der Waals surface area contributed by atoms with Crippen LogP contribution in [0.25, 0.3) is 0 Å². The summed E-state index contributed by atoms with van der Waals surface area (Å²) in [6.07, 6.45) is 4.83. The third kappa shape index (κ3) is 5.25. The number of carbonyl (C=O) groups is 1. The number of carboxylic acids is 1. The van der Waals surface area contributed by atoms with E-state index in [1.54, 1.807) is 25.4 Å². The molecule has 0 saturated heterocycles. The molecule has 0 amide bonds. The van der Waals surface area contributed by atoms with Crippen LogP contribution in [0.1, 0.15) is 35.3 Å². The average Bonchev–Trinajstić information content (AvgIpc) is 2.38. The fourth-order valence-electron chi connectivity index (χ4n) is 1.65. The van der Waals surface area contributed by atoms with Crippen molar-refractivity contribution in [3.8, 4) is 0 Å². The molecule has 1 heterocycles. The van der Waals surface area contributed by atoms with E-state index >= 15 is 0 Å². The molecule has 1 rings (SSSR count). The zero-order chi connectivity index (χ0) is 13.2. The summed E-state index contributed by atoms with van der Waals surface area (Å²) in [6.45, 7) is 2.15. The molecule has 0 fully saturated rings. The van der Waals surface area contributed by atoms with Gasteiger partial charge in [0.15, 0.2) is 0 Å². The van der Waals surface area contributed by atoms with Gasteiger partial charge in [0.05, 0.1) is 11.3 Å². The molecular formula is C13H20N2O3. The smallest absolute Gasteiger partial charge is 0.337 e. The maximum atomic E-state index is 10.9. The predicted octanol–water partition coefficient (Wildman–Crippen LogP) is 1.69. The number of aromatic nitrogens is 1.